The van der Waals surface area contributed by atoms with E-state index in [2.05, 4.69) is 4.90 Å². The first-order chi connectivity index (χ1) is 12.1. The molecule has 0 unspecified atom stereocenters. The lowest BCUT2D eigenvalue weighted by molar-refractivity contribution is 0.0559. The van der Waals surface area contributed by atoms with Crippen LogP contribution in [0, 0.1) is 0 Å². The van der Waals surface area contributed by atoms with Crippen molar-refractivity contribution in [2.24, 2.45) is 0 Å². The summed E-state index contributed by atoms with van der Waals surface area (Å²) in [6.07, 6.45) is 1.49. The second kappa shape index (κ2) is 7.72. The maximum absolute atomic E-state index is 12.5. The minimum absolute atomic E-state index is 0.0132. The minimum atomic E-state index is -0.477. The van der Waals surface area contributed by atoms with Crippen molar-refractivity contribution in [2.75, 3.05) is 33.3 Å². The van der Waals surface area contributed by atoms with Crippen LogP contribution in [-0.2, 0) is 11.3 Å². The third-order valence-electron chi connectivity index (χ3n) is 4.24. The number of furan rings is 1. The van der Waals surface area contributed by atoms with Crippen molar-refractivity contribution >= 4 is 23.5 Å². The molecule has 1 saturated heterocycles. The van der Waals surface area contributed by atoms with E-state index in [0.29, 0.717) is 30.2 Å². The third kappa shape index (κ3) is 4.03. The molecule has 0 N–H and O–H groups in total. The van der Waals surface area contributed by atoms with E-state index in [0.717, 1.165) is 18.7 Å². The summed E-state index contributed by atoms with van der Waals surface area (Å²) in [5.74, 6) is -0.254. The third-order valence-corrected chi connectivity index (χ3v) is 4.48. The number of methoxy groups -OCH3 is 1. The van der Waals surface area contributed by atoms with Gasteiger partial charge in [0.15, 0.2) is 0 Å². The predicted molar refractivity (Wildman–Crippen MR) is 92.7 cm³/mol. The highest BCUT2D eigenvalue weighted by Gasteiger charge is 2.24. The fourth-order valence-corrected chi connectivity index (χ4v) is 3.08. The van der Waals surface area contributed by atoms with Crippen LogP contribution in [0.4, 0.5) is 0 Å². The summed E-state index contributed by atoms with van der Waals surface area (Å²) in [4.78, 5) is 28.2. The molecule has 1 aliphatic rings. The molecule has 132 valence electrons. The van der Waals surface area contributed by atoms with Gasteiger partial charge in [-0.2, -0.15) is 0 Å². The average molecular weight is 363 g/mol. The van der Waals surface area contributed by atoms with Crippen molar-refractivity contribution in [1.82, 2.24) is 9.80 Å². The molecule has 0 radical (unpaired) electrons. The zero-order valence-corrected chi connectivity index (χ0v) is 14.7. The van der Waals surface area contributed by atoms with Gasteiger partial charge in [0, 0.05) is 48.9 Å². The SMILES string of the molecule is COC(=O)c1occc1CN1CCN(C(=O)c2cccc(Cl)c2)CC1. The number of carbonyl (C=O) groups is 2. The van der Waals surface area contributed by atoms with Crippen LogP contribution in [0.15, 0.2) is 41.0 Å². The lowest BCUT2D eigenvalue weighted by atomic mass is 10.1. The van der Waals surface area contributed by atoms with Crippen LogP contribution in [0.25, 0.3) is 0 Å². The van der Waals surface area contributed by atoms with Crippen LogP contribution < -0.4 is 0 Å². The molecule has 6 nitrogen and oxygen atoms in total. The molecule has 0 aliphatic carbocycles. The van der Waals surface area contributed by atoms with E-state index in [1.54, 1.807) is 30.3 Å². The Hall–Kier alpha value is -2.31. The topological polar surface area (TPSA) is 63.0 Å². The lowest BCUT2D eigenvalue weighted by Gasteiger charge is -2.34. The van der Waals surface area contributed by atoms with Crippen LogP contribution in [0.1, 0.15) is 26.5 Å². The molecule has 0 saturated carbocycles. The Morgan fingerprint density at radius 2 is 1.96 bits per heavy atom. The number of hydrogen-bond acceptors (Lipinski definition) is 5. The van der Waals surface area contributed by atoms with Gasteiger partial charge in [-0.15, -0.1) is 0 Å². The lowest BCUT2D eigenvalue weighted by Crippen LogP contribution is -2.48. The van der Waals surface area contributed by atoms with Crippen molar-refractivity contribution < 1.29 is 18.7 Å². The first-order valence-electron chi connectivity index (χ1n) is 8.00. The van der Waals surface area contributed by atoms with Crippen molar-refractivity contribution in [3.8, 4) is 0 Å². The van der Waals surface area contributed by atoms with Crippen molar-refractivity contribution in [2.45, 2.75) is 6.54 Å². The van der Waals surface area contributed by atoms with E-state index in [1.807, 2.05) is 4.90 Å². The molecular weight excluding hydrogens is 344 g/mol. The monoisotopic (exact) mass is 362 g/mol. The van der Waals surface area contributed by atoms with Gasteiger partial charge in [-0.25, -0.2) is 4.79 Å². The minimum Gasteiger partial charge on any atom is -0.463 e. The van der Waals surface area contributed by atoms with Crippen molar-refractivity contribution in [1.29, 1.82) is 0 Å². The summed E-state index contributed by atoms with van der Waals surface area (Å²) < 4.78 is 9.93. The van der Waals surface area contributed by atoms with Gasteiger partial charge in [0.05, 0.1) is 13.4 Å². The van der Waals surface area contributed by atoms with E-state index in [-0.39, 0.29) is 11.7 Å². The maximum atomic E-state index is 12.5. The summed E-state index contributed by atoms with van der Waals surface area (Å²) in [6, 6.07) is 8.76. The summed E-state index contributed by atoms with van der Waals surface area (Å²) in [5.41, 5.74) is 1.39. The molecule has 0 atom stereocenters. The average Bonchev–Trinajstić information content (AvgIpc) is 3.09. The van der Waals surface area contributed by atoms with Crippen LogP contribution in [0.5, 0.6) is 0 Å². The highest BCUT2D eigenvalue weighted by molar-refractivity contribution is 6.30. The Morgan fingerprint density at radius 3 is 2.64 bits per heavy atom. The molecule has 2 heterocycles. The number of halogens is 1. The Kier molecular flexibility index (Phi) is 5.40. The molecule has 0 spiro atoms. The predicted octanol–water partition coefficient (Wildman–Crippen LogP) is 2.68. The highest BCUT2D eigenvalue weighted by Crippen LogP contribution is 2.17. The Balaban J connectivity index is 1.58. The molecule has 1 fully saturated rings. The number of hydrogen-bond donors (Lipinski definition) is 0. The van der Waals surface area contributed by atoms with Gasteiger partial charge in [0.1, 0.15) is 0 Å². The second-order valence-corrected chi connectivity index (χ2v) is 6.28. The zero-order valence-electron chi connectivity index (χ0n) is 13.9. The molecule has 1 aliphatic heterocycles. The Morgan fingerprint density at radius 1 is 1.20 bits per heavy atom. The van der Waals surface area contributed by atoms with Gasteiger partial charge in [-0.1, -0.05) is 17.7 Å². The quantitative estimate of drug-likeness (QED) is 0.782. The van der Waals surface area contributed by atoms with Crippen LogP contribution >= 0.6 is 11.6 Å². The van der Waals surface area contributed by atoms with Gasteiger partial charge in [-0.3, -0.25) is 9.69 Å². The maximum Gasteiger partial charge on any atom is 0.374 e. The summed E-state index contributed by atoms with van der Waals surface area (Å²) in [7, 11) is 1.33. The highest BCUT2D eigenvalue weighted by atomic mass is 35.5. The van der Waals surface area contributed by atoms with Gasteiger partial charge >= 0.3 is 5.97 Å². The first-order valence-corrected chi connectivity index (χ1v) is 8.38. The number of esters is 1. The van der Waals surface area contributed by atoms with E-state index in [1.165, 1.54) is 13.4 Å². The number of nitrogens with zero attached hydrogens (tertiary/aromatic N) is 2. The molecule has 1 aromatic carbocycles. The molecule has 2 aromatic rings. The van der Waals surface area contributed by atoms with E-state index < -0.39 is 5.97 Å². The van der Waals surface area contributed by atoms with E-state index in [4.69, 9.17) is 20.8 Å². The fraction of sp³-hybridized carbons (Fsp3) is 0.333. The van der Waals surface area contributed by atoms with E-state index >= 15 is 0 Å². The summed E-state index contributed by atoms with van der Waals surface area (Å²) >= 11 is 5.96. The number of ether oxygens (including phenoxy) is 1. The first kappa shape index (κ1) is 17.5. The molecule has 0 bridgehead atoms. The molecule has 3 rings (SSSR count). The van der Waals surface area contributed by atoms with Crippen molar-refractivity contribution in [3.05, 3.63) is 58.5 Å². The smallest absolute Gasteiger partial charge is 0.374 e. The summed E-state index contributed by atoms with van der Waals surface area (Å²) in [5, 5.41) is 0.555. The summed E-state index contributed by atoms with van der Waals surface area (Å²) in [6.45, 7) is 3.27. The van der Waals surface area contributed by atoms with Gasteiger partial charge < -0.3 is 14.1 Å². The van der Waals surface area contributed by atoms with Gasteiger partial charge in [-0.05, 0) is 24.3 Å². The van der Waals surface area contributed by atoms with Crippen LogP contribution in [-0.4, -0.2) is 55.0 Å². The number of benzene rings is 1. The van der Waals surface area contributed by atoms with Crippen LogP contribution in [0.3, 0.4) is 0 Å². The number of rotatable bonds is 4. The zero-order chi connectivity index (χ0) is 17.8. The normalized spacial score (nSPS) is 15.2. The molecule has 7 heteroatoms. The standard InChI is InChI=1S/C18H19ClN2O4/c1-24-18(23)16-14(5-10-25-16)12-20-6-8-21(9-7-20)17(22)13-3-2-4-15(19)11-13/h2-5,10-11H,6-9,12H2,1H3. The van der Waals surface area contributed by atoms with Crippen LogP contribution in [0.2, 0.25) is 5.02 Å². The fourth-order valence-electron chi connectivity index (χ4n) is 2.89. The largest absolute Gasteiger partial charge is 0.463 e. The molecule has 1 amide bonds. The molecular formula is C18H19ClN2O4. The Labute approximate surface area is 150 Å². The molecule has 1 aromatic heterocycles. The number of amides is 1. The Bertz CT molecular complexity index is 766. The molecule has 25 heavy (non-hydrogen) atoms. The van der Waals surface area contributed by atoms with Crippen molar-refractivity contribution in [3.63, 3.8) is 0 Å². The van der Waals surface area contributed by atoms with Gasteiger partial charge in [0.25, 0.3) is 5.91 Å². The number of carbonyl (C=O) groups excluding carboxylic acids is 2. The second-order valence-electron chi connectivity index (χ2n) is 5.85. The number of piperazine rings is 1. The van der Waals surface area contributed by atoms with E-state index in [9.17, 15) is 9.59 Å². The van der Waals surface area contributed by atoms with Gasteiger partial charge in [0.2, 0.25) is 5.76 Å².